The number of rotatable bonds is 8. The van der Waals surface area contributed by atoms with Gasteiger partial charge in [0.15, 0.2) is 0 Å². The summed E-state index contributed by atoms with van der Waals surface area (Å²) in [6, 6.07) is 4.79. The van der Waals surface area contributed by atoms with Gasteiger partial charge in [-0.2, -0.15) is 0 Å². The van der Waals surface area contributed by atoms with Crippen molar-refractivity contribution in [3.8, 4) is 0 Å². The van der Waals surface area contributed by atoms with Crippen molar-refractivity contribution in [1.82, 2.24) is 4.98 Å². The second-order valence-corrected chi connectivity index (χ2v) is 3.83. The maximum atomic E-state index is 11.5. The molecule has 0 aromatic carbocycles. The molecule has 1 aromatic heterocycles. The van der Waals surface area contributed by atoms with Crippen LogP contribution in [0.15, 0.2) is 18.2 Å². The predicted octanol–water partition coefficient (Wildman–Crippen LogP) is 1.94. The Morgan fingerprint density at radius 3 is 2.83 bits per heavy atom. The number of nitrogens with zero attached hydrogens (tertiary/aromatic N) is 1. The second-order valence-electron chi connectivity index (χ2n) is 3.44. The average Bonchev–Trinajstić information content (AvgIpc) is 2.37. The van der Waals surface area contributed by atoms with Crippen molar-refractivity contribution in [3.05, 3.63) is 29.0 Å². The summed E-state index contributed by atoms with van der Waals surface area (Å²) in [5, 5.41) is 0.264. The van der Waals surface area contributed by atoms with Crippen molar-refractivity contribution in [3.63, 3.8) is 0 Å². The minimum Gasteiger partial charge on any atom is -0.459 e. The summed E-state index contributed by atoms with van der Waals surface area (Å²) in [7, 11) is 1.64. The van der Waals surface area contributed by atoms with Crippen LogP contribution in [-0.4, -0.2) is 44.5 Å². The third-order valence-electron chi connectivity index (χ3n) is 2.02. The molecule has 6 heteroatoms. The number of carbonyl (C=O) groups excluding carboxylic acids is 1. The molecule has 5 nitrogen and oxygen atoms in total. The van der Waals surface area contributed by atoms with Gasteiger partial charge >= 0.3 is 5.97 Å². The number of aromatic nitrogens is 1. The fourth-order valence-electron chi connectivity index (χ4n) is 1.20. The summed E-state index contributed by atoms with van der Waals surface area (Å²) in [6.07, 6.45) is 0.820. The van der Waals surface area contributed by atoms with Gasteiger partial charge in [0.25, 0.3) is 0 Å². The molecule has 1 rings (SSSR count). The lowest BCUT2D eigenvalue weighted by Gasteiger charge is -2.05. The number of hydrogen-bond acceptors (Lipinski definition) is 5. The van der Waals surface area contributed by atoms with Gasteiger partial charge in [0.2, 0.25) is 0 Å². The van der Waals surface area contributed by atoms with Crippen LogP contribution in [0, 0.1) is 0 Å². The Morgan fingerprint density at radius 2 is 2.11 bits per heavy atom. The van der Waals surface area contributed by atoms with Crippen LogP contribution >= 0.6 is 11.6 Å². The number of esters is 1. The van der Waals surface area contributed by atoms with E-state index >= 15 is 0 Å². The summed E-state index contributed by atoms with van der Waals surface area (Å²) >= 11 is 5.67. The Hall–Kier alpha value is -1.17. The van der Waals surface area contributed by atoms with Gasteiger partial charge in [-0.25, -0.2) is 9.78 Å². The van der Waals surface area contributed by atoms with Crippen molar-refractivity contribution in [2.45, 2.75) is 6.42 Å². The van der Waals surface area contributed by atoms with E-state index in [1.807, 2.05) is 0 Å². The van der Waals surface area contributed by atoms with E-state index in [9.17, 15) is 4.79 Å². The van der Waals surface area contributed by atoms with Crippen LogP contribution in [0.4, 0.5) is 0 Å². The Bertz CT molecular complexity index is 373. The van der Waals surface area contributed by atoms with Gasteiger partial charge in [0.1, 0.15) is 17.5 Å². The van der Waals surface area contributed by atoms with E-state index in [1.54, 1.807) is 25.3 Å². The van der Waals surface area contributed by atoms with Crippen molar-refractivity contribution < 1.29 is 19.0 Å². The topological polar surface area (TPSA) is 57.7 Å². The van der Waals surface area contributed by atoms with Crippen molar-refractivity contribution in [2.24, 2.45) is 0 Å². The number of pyridine rings is 1. The molecule has 0 aliphatic rings. The Morgan fingerprint density at radius 1 is 1.28 bits per heavy atom. The van der Waals surface area contributed by atoms with Gasteiger partial charge in [-0.05, 0) is 18.6 Å². The number of halogens is 1. The minimum absolute atomic E-state index is 0.194. The van der Waals surface area contributed by atoms with E-state index in [2.05, 4.69) is 4.98 Å². The van der Waals surface area contributed by atoms with E-state index in [0.29, 0.717) is 19.8 Å². The molecule has 0 aliphatic carbocycles. The van der Waals surface area contributed by atoms with Gasteiger partial charge in [-0.1, -0.05) is 17.7 Å². The van der Waals surface area contributed by atoms with Crippen LogP contribution < -0.4 is 0 Å². The predicted molar refractivity (Wildman–Crippen MR) is 66.8 cm³/mol. The van der Waals surface area contributed by atoms with Crippen molar-refractivity contribution >= 4 is 17.6 Å². The average molecular weight is 274 g/mol. The van der Waals surface area contributed by atoms with Gasteiger partial charge in [-0.15, -0.1) is 0 Å². The Balaban J connectivity index is 2.14. The quantitative estimate of drug-likeness (QED) is 0.412. The highest BCUT2D eigenvalue weighted by Crippen LogP contribution is 2.06. The molecule has 1 heterocycles. The number of carbonyl (C=O) groups is 1. The molecule has 0 atom stereocenters. The first-order valence-electron chi connectivity index (χ1n) is 5.60. The van der Waals surface area contributed by atoms with Gasteiger partial charge in [0, 0.05) is 20.3 Å². The molecular weight excluding hydrogens is 258 g/mol. The standard InChI is InChI=1S/C12H16ClNO4/c1-16-6-3-7-17-8-9-18-12(15)10-4-2-5-11(13)14-10/h2,4-5H,3,6-9H2,1H3. The molecule has 0 N–H and O–H groups in total. The minimum atomic E-state index is -0.502. The molecule has 1 aromatic rings. The molecule has 18 heavy (non-hydrogen) atoms. The zero-order chi connectivity index (χ0) is 13.2. The van der Waals surface area contributed by atoms with E-state index < -0.39 is 5.97 Å². The van der Waals surface area contributed by atoms with Crippen LogP contribution in [-0.2, 0) is 14.2 Å². The molecule has 0 fully saturated rings. The van der Waals surface area contributed by atoms with Gasteiger partial charge < -0.3 is 14.2 Å². The Labute approximate surface area is 111 Å². The van der Waals surface area contributed by atoms with Crippen LogP contribution in [0.1, 0.15) is 16.9 Å². The molecule has 0 saturated heterocycles. The summed E-state index contributed by atoms with van der Waals surface area (Å²) in [6.45, 7) is 1.79. The highest BCUT2D eigenvalue weighted by molar-refractivity contribution is 6.29. The van der Waals surface area contributed by atoms with Gasteiger partial charge in [0.05, 0.1) is 6.61 Å². The molecule has 0 radical (unpaired) electrons. The van der Waals surface area contributed by atoms with Gasteiger partial charge in [-0.3, -0.25) is 0 Å². The lowest BCUT2D eigenvalue weighted by molar-refractivity contribution is 0.0283. The Kier molecular flexibility index (Phi) is 7.32. The normalized spacial score (nSPS) is 10.3. The molecule has 0 saturated carbocycles. The third-order valence-corrected chi connectivity index (χ3v) is 2.23. The van der Waals surface area contributed by atoms with Crippen LogP contribution in [0.3, 0.4) is 0 Å². The molecule has 0 bridgehead atoms. The maximum Gasteiger partial charge on any atom is 0.357 e. The smallest absolute Gasteiger partial charge is 0.357 e. The molecule has 0 spiro atoms. The van der Waals surface area contributed by atoms with E-state index in [0.717, 1.165) is 6.42 Å². The molecule has 100 valence electrons. The first-order chi connectivity index (χ1) is 8.74. The fourth-order valence-corrected chi connectivity index (χ4v) is 1.36. The lowest BCUT2D eigenvalue weighted by atomic mass is 10.3. The van der Waals surface area contributed by atoms with Crippen LogP contribution in [0.2, 0.25) is 5.15 Å². The summed E-state index contributed by atoms with van der Waals surface area (Å²) in [5.41, 5.74) is 0.196. The zero-order valence-corrected chi connectivity index (χ0v) is 11.0. The maximum absolute atomic E-state index is 11.5. The largest absolute Gasteiger partial charge is 0.459 e. The molecule has 0 aliphatic heterocycles. The SMILES string of the molecule is COCCCOCCOC(=O)c1cccc(Cl)n1. The molecule has 0 amide bonds. The highest BCUT2D eigenvalue weighted by Gasteiger charge is 2.08. The first kappa shape index (κ1) is 14.9. The number of methoxy groups -OCH3 is 1. The summed E-state index contributed by atoms with van der Waals surface area (Å²) in [5.74, 6) is -0.502. The third kappa shape index (κ3) is 5.95. The number of hydrogen-bond donors (Lipinski definition) is 0. The van der Waals surface area contributed by atoms with E-state index in [-0.39, 0.29) is 17.5 Å². The van der Waals surface area contributed by atoms with E-state index in [1.165, 1.54) is 0 Å². The van der Waals surface area contributed by atoms with Crippen LogP contribution in [0.5, 0.6) is 0 Å². The highest BCUT2D eigenvalue weighted by atomic mass is 35.5. The first-order valence-corrected chi connectivity index (χ1v) is 5.98. The lowest BCUT2D eigenvalue weighted by Crippen LogP contribution is -2.12. The summed E-state index contributed by atoms with van der Waals surface area (Å²) in [4.78, 5) is 15.4. The van der Waals surface area contributed by atoms with Crippen molar-refractivity contribution in [2.75, 3.05) is 33.5 Å². The second kappa shape index (κ2) is 8.85. The van der Waals surface area contributed by atoms with Crippen molar-refractivity contribution in [1.29, 1.82) is 0 Å². The zero-order valence-electron chi connectivity index (χ0n) is 10.2. The van der Waals surface area contributed by atoms with E-state index in [4.69, 9.17) is 25.8 Å². The van der Waals surface area contributed by atoms with Crippen LogP contribution in [0.25, 0.3) is 0 Å². The monoisotopic (exact) mass is 273 g/mol. The molecular formula is C12H16ClNO4. The molecule has 0 unspecified atom stereocenters. The fraction of sp³-hybridized carbons (Fsp3) is 0.500. The summed E-state index contributed by atoms with van der Waals surface area (Å²) < 4.78 is 15.1. The number of ether oxygens (including phenoxy) is 3.